The van der Waals surface area contributed by atoms with Crippen molar-refractivity contribution in [2.45, 2.75) is 32.7 Å². The van der Waals surface area contributed by atoms with Crippen LogP contribution in [0, 0.1) is 16.0 Å². The number of rotatable bonds is 2. The number of nitrogens with one attached hydrogen (secondary N) is 1. The van der Waals surface area contributed by atoms with Gasteiger partial charge in [0.15, 0.2) is 4.77 Å². The fraction of sp³-hybridized carbons (Fsp3) is 0.462. The number of halogens is 2. The molecule has 0 radical (unpaired) electrons. The summed E-state index contributed by atoms with van der Waals surface area (Å²) in [6.45, 7) is 3.14. The van der Waals surface area contributed by atoms with E-state index in [-0.39, 0.29) is 5.82 Å². The normalized spacial score (nSPS) is 17.9. The van der Waals surface area contributed by atoms with Crippen molar-refractivity contribution in [3.8, 4) is 0 Å². The number of nitrogens with zero attached hydrogens (tertiary/aromatic N) is 1. The summed E-state index contributed by atoms with van der Waals surface area (Å²) in [6.07, 6.45) is 3.73. The summed E-state index contributed by atoms with van der Waals surface area (Å²) in [4.78, 5) is 3.15. The minimum absolute atomic E-state index is 0.246. The van der Waals surface area contributed by atoms with Crippen molar-refractivity contribution in [2.24, 2.45) is 5.41 Å². The third kappa shape index (κ3) is 1.93. The van der Waals surface area contributed by atoms with Gasteiger partial charge >= 0.3 is 0 Å². The average molecular weight is 329 g/mol. The van der Waals surface area contributed by atoms with Crippen molar-refractivity contribution in [1.82, 2.24) is 9.55 Å². The van der Waals surface area contributed by atoms with Crippen LogP contribution in [0.25, 0.3) is 11.0 Å². The number of H-pyrrole nitrogens is 1. The van der Waals surface area contributed by atoms with Crippen LogP contribution in [-0.2, 0) is 6.54 Å². The van der Waals surface area contributed by atoms with Crippen molar-refractivity contribution in [3.05, 3.63) is 27.2 Å². The summed E-state index contributed by atoms with van der Waals surface area (Å²) in [6, 6.07) is 3.30. The zero-order valence-corrected chi connectivity index (χ0v) is 12.5. The molecule has 0 aliphatic heterocycles. The largest absolute Gasteiger partial charge is 0.331 e. The van der Waals surface area contributed by atoms with Crippen LogP contribution in [0.4, 0.5) is 4.39 Å². The highest BCUT2D eigenvalue weighted by atomic mass is 79.9. The monoisotopic (exact) mass is 328 g/mol. The Bertz CT molecular complexity index is 669. The fourth-order valence-electron chi connectivity index (χ4n) is 2.63. The van der Waals surface area contributed by atoms with Gasteiger partial charge in [-0.2, -0.15) is 0 Å². The van der Waals surface area contributed by atoms with Crippen LogP contribution in [0.5, 0.6) is 0 Å². The van der Waals surface area contributed by atoms with Gasteiger partial charge in [0.1, 0.15) is 5.82 Å². The lowest BCUT2D eigenvalue weighted by molar-refractivity contribution is 0.133. The number of benzene rings is 1. The van der Waals surface area contributed by atoms with Gasteiger partial charge in [0, 0.05) is 12.6 Å². The molecular formula is C13H14BrFN2S. The maximum Gasteiger partial charge on any atom is 0.178 e. The predicted molar refractivity (Wildman–Crippen MR) is 76.7 cm³/mol. The lowest BCUT2D eigenvalue weighted by Gasteiger charge is -2.38. The number of hydrogen-bond donors (Lipinski definition) is 1. The molecule has 1 saturated carbocycles. The molecule has 1 fully saturated rings. The van der Waals surface area contributed by atoms with Crippen LogP contribution < -0.4 is 0 Å². The van der Waals surface area contributed by atoms with Crippen LogP contribution in [-0.4, -0.2) is 9.55 Å². The van der Waals surface area contributed by atoms with E-state index in [2.05, 4.69) is 27.8 Å². The Hall–Kier alpha value is -0.680. The van der Waals surface area contributed by atoms with E-state index in [0.717, 1.165) is 17.6 Å². The van der Waals surface area contributed by atoms with Crippen LogP contribution in [0.15, 0.2) is 16.6 Å². The van der Waals surface area contributed by atoms with Gasteiger partial charge in [-0.15, -0.1) is 0 Å². The van der Waals surface area contributed by atoms with E-state index in [9.17, 15) is 4.39 Å². The van der Waals surface area contributed by atoms with Gasteiger partial charge < -0.3 is 9.55 Å². The number of aromatic nitrogens is 2. The zero-order valence-electron chi connectivity index (χ0n) is 10.1. The van der Waals surface area contributed by atoms with Gasteiger partial charge in [0.25, 0.3) is 0 Å². The minimum Gasteiger partial charge on any atom is -0.331 e. The molecule has 0 atom stereocenters. The number of imidazole rings is 1. The highest BCUT2D eigenvalue weighted by molar-refractivity contribution is 9.10. The maximum absolute atomic E-state index is 13.7. The van der Waals surface area contributed by atoms with Gasteiger partial charge in [-0.25, -0.2) is 4.39 Å². The van der Waals surface area contributed by atoms with Crippen LogP contribution in [0.1, 0.15) is 26.2 Å². The van der Waals surface area contributed by atoms with Gasteiger partial charge in [-0.3, -0.25) is 0 Å². The van der Waals surface area contributed by atoms with Gasteiger partial charge in [0.05, 0.1) is 15.5 Å². The predicted octanol–water partition coefficient (Wildman–Crippen LogP) is 4.79. The molecule has 18 heavy (non-hydrogen) atoms. The molecule has 1 aromatic heterocycles. The smallest absolute Gasteiger partial charge is 0.178 e. The highest BCUT2D eigenvalue weighted by Gasteiger charge is 2.32. The first-order chi connectivity index (χ1) is 8.48. The Morgan fingerprint density at radius 2 is 2.22 bits per heavy atom. The van der Waals surface area contributed by atoms with Crippen molar-refractivity contribution in [2.75, 3.05) is 0 Å². The molecule has 0 bridgehead atoms. The lowest BCUT2D eigenvalue weighted by Crippen LogP contribution is -2.30. The first-order valence-corrected chi connectivity index (χ1v) is 7.26. The summed E-state index contributed by atoms with van der Waals surface area (Å²) >= 11 is 8.55. The third-order valence-electron chi connectivity index (χ3n) is 3.92. The zero-order chi connectivity index (χ0) is 12.9. The van der Waals surface area contributed by atoms with Crippen molar-refractivity contribution >= 4 is 39.2 Å². The van der Waals surface area contributed by atoms with Crippen molar-refractivity contribution in [1.29, 1.82) is 0 Å². The van der Waals surface area contributed by atoms with E-state index < -0.39 is 0 Å². The molecule has 1 aromatic carbocycles. The molecule has 5 heteroatoms. The summed E-state index contributed by atoms with van der Waals surface area (Å²) < 4.78 is 16.8. The summed E-state index contributed by atoms with van der Waals surface area (Å²) in [5.41, 5.74) is 2.06. The lowest BCUT2D eigenvalue weighted by atomic mass is 9.70. The van der Waals surface area contributed by atoms with E-state index in [4.69, 9.17) is 12.2 Å². The van der Waals surface area contributed by atoms with Crippen molar-refractivity contribution in [3.63, 3.8) is 0 Å². The topological polar surface area (TPSA) is 20.7 Å². The maximum atomic E-state index is 13.7. The first-order valence-electron chi connectivity index (χ1n) is 6.06. The quantitative estimate of drug-likeness (QED) is 0.786. The highest BCUT2D eigenvalue weighted by Crippen LogP contribution is 2.42. The Morgan fingerprint density at radius 3 is 2.83 bits per heavy atom. The molecule has 1 N–H and O–H groups in total. The fourth-order valence-corrected chi connectivity index (χ4v) is 3.25. The number of fused-ring (bicyclic) bond motifs is 1. The summed E-state index contributed by atoms with van der Waals surface area (Å²) in [5.74, 6) is -0.246. The average Bonchev–Trinajstić information content (AvgIpc) is 2.55. The second kappa shape index (κ2) is 4.17. The molecule has 2 nitrogen and oxygen atoms in total. The third-order valence-corrected chi connectivity index (χ3v) is 4.85. The van der Waals surface area contributed by atoms with E-state index in [0.29, 0.717) is 14.7 Å². The molecule has 2 aromatic rings. The van der Waals surface area contributed by atoms with Crippen molar-refractivity contribution < 1.29 is 4.39 Å². The molecule has 0 amide bonds. The summed E-state index contributed by atoms with van der Waals surface area (Å²) in [7, 11) is 0. The molecule has 0 spiro atoms. The minimum atomic E-state index is -0.246. The van der Waals surface area contributed by atoms with E-state index >= 15 is 0 Å². The Balaban J connectivity index is 2.13. The molecule has 3 rings (SSSR count). The Kier molecular flexibility index (Phi) is 2.86. The first kappa shape index (κ1) is 12.4. The molecular weight excluding hydrogens is 315 g/mol. The SMILES string of the molecule is CC1(Cn2c(=S)[nH]c3cc(Br)c(F)cc32)CCC1. The molecule has 1 aliphatic carbocycles. The number of aromatic amines is 1. The van der Waals surface area contributed by atoms with E-state index in [1.807, 2.05) is 4.57 Å². The standard InChI is InChI=1S/C13H14BrFN2S/c1-13(3-2-4-13)7-17-11-6-9(15)8(14)5-10(11)16-12(17)18/h5-6H,2-4,7H2,1H3,(H,16,18). The van der Waals surface area contributed by atoms with Gasteiger partial charge in [-0.1, -0.05) is 13.3 Å². The van der Waals surface area contributed by atoms with Gasteiger partial charge in [0.2, 0.25) is 0 Å². The molecule has 0 saturated heterocycles. The second-order valence-electron chi connectivity index (χ2n) is 5.46. The van der Waals surface area contributed by atoms with Gasteiger partial charge in [-0.05, 0) is 52.5 Å². The van der Waals surface area contributed by atoms with Crippen LogP contribution in [0.2, 0.25) is 0 Å². The Morgan fingerprint density at radius 1 is 1.50 bits per heavy atom. The molecule has 96 valence electrons. The van der Waals surface area contributed by atoms with Crippen LogP contribution >= 0.6 is 28.1 Å². The molecule has 0 unspecified atom stereocenters. The van der Waals surface area contributed by atoms with E-state index in [1.165, 1.54) is 19.3 Å². The number of hydrogen-bond acceptors (Lipinski definition) is 1. The van der Waals surface area contributed by atoms with E-state index in [1.54, 1.807) is 12.1 Å². The Labute approximate surface area is 118 Å². The molecule has 1 aliphatic rings. The van der Waals surface area contributed by atoms with Crippen LogP contribution in [0.3, 0.4) is 0 Å². The second-order valence-corrected chi connectivity index (χ2v) is 6.71. The molecule has 1 heterocycles. The summed E-state index contributed by atoms with van der Waals surface area (Å²) in [5, 5.41) is 0.